The van der Waals surface area contributed by atoms with E-state index in [4.69, 9.17) is 5.26 Å². The second-order valence-electron chi connectivity index (χ2n) is 5.34. The number of hydrogen-bond donors (Lipinski definition) is 1. The smallest absolute Gasteiger partial charge is 0.387 e. The molecule has 0 spiro atoms. The first kappa shape index (κ1) is 22.2. The molecular weight excluding hydrogens is 412 g/mol. The van der Waals surface area contributed by atoms with Gasteiger partial charge in [0.2, 0.25) is 0 Å². The Labute approximate surface area is 167 Å². The number of alkyl halides is 4. The zero-order valence-electron chi connectivity index (χ0n) is 14.9. The molecule has 0 saturated carbocycles. The summed E-state index contributed by atoms with van der Waals surface area (Å²) in [6, 6.07) is 11.2. The van der Waals surface area contributed by atoms with Crippen LogP contribution in [0.3, 0.4) is 0 Å². The van der Waals surface area contributed by atoms with Gasteiger partial charge in [-0.1, -0.05) is 12.1 Å². The highest BCUT2D eigenvalue weighted by molar-refractivity contribution is 6.00. The first-order valence-electron chi connectivity index (χ1n) is 8.01. The van der Waals surface area contributed by atoms with Crippen LogP contribution in [-0.2, 0) is 9.63 Å². The van der Waals surface area contributed by atoms with Crippen molar-refractivity contribution in [2.45, 2.75) is 13.2 Å². The lowest BCUT2D eigenvalue weighted by Crippen LogP contribution is -2.27. The summed E-state index contributed by atoms with van der Waals surface area (Å²) in [7, 11) is 0. The third kappa shape index (κ3) is 6.83. The summed E-state index contributed by atoms with van der Waals surface area (Å²) in [4.78, 5) is 28.4. The molecular formula is C19H12F4N2O5. The van der Waals surface area contributed by atoms with Crippen LogP contribution in [0.15, 0.2) is 54.1 Å². The second-order valence-corrected chi connectivity index (χ2v) is 5.34. The zero-order valence-corrected chi connectivity index (χ0v) is 14.9. The summed E-state index contributed by atoms with van der Waals surface area (Å²) in [5.41, 5.74) is 1.61. The molecule has 11 heteroatoms. The maximum absolute atomic E-state index is 12.1. The van der Waals surface area contributed by atoms with Crippen molar-refractivity contribution in [3.8, 4) is 17.6 Å². The van der Waals surface area contributed by atoms with Crippen LogP contribution in [0.2, 0.25) is 0 Å². The van der Waals surface area contributed by atoms with Crippen LogP contribution in [-0.4, -0.2) is 25.1 Å². The van der Waals surface area contributed by atoms with Crippen LogP contribution in [0.5, 0.6) is 11.5 Å². The van der Waals surface area contributed by atoms with E-state index in [2.05, 4.69) is 14.3 Å². The van der Waals surface area contributed by atoms with E-state index in [0.29, 0.717) is 5.56 Å². The lowest BCUT2D eigenvalue weighted by atomic mass is 10.1. The molecule has 7 nitrogen and oxygen atoms in total. The van der Waals surface area contributed by atoms with E-state index in [1.807, 2.05) is 5.48 Å². The Balaban J connectivity index is 1.97. The van der Waals surface area contributed by atoms with E-state index in [1.54, 1.807) is 6.07 Å². The van der Waals surface area contributed by atoms with E-state index >= 15 is 0 Å². The number of nitrogens with one attached hydrogen (secondary N) is 1. The Bertz CT molecular complexity index is 954. The van der Waals surface area contributed by atoms with Crippen molar-refractivity contribution in [2.24, 2.45) is 0 Å². The van der Waals surface area contributed by atoms with E-state index < -0.39 is 30.7 Å². The molecule has 2 aromatic carbocycles. The molecule has 1 N–H and O–H groups in total. The van der Waals surface area contributed by atoms with Gasteiger partial charge >= 0.3 is 19.2 Å². The normalized spacial score (nSPS) is 11.0. The van der Waals surface area contributed by atoms with Crippen LogP contribution in [0, 0.1) is 11.3 Å². The Morgan fingerprint density at radius 2 is 1.40 bits per heavy atom. The van der Waals surface area contributed by atoms with Gasteiger partial charge in [-0.05, 0) is 48.0 Å². The number of ether oxygens (including phenoxy) is 2. The van der Waals surface area contributed by atoms with Gasteiger partial charge in [0.1, 0.15) is 23.1 Å². The molecule has 2 rings (SSSR count). The van der Waals surface area contributed by atoms with Crippen molar-refractivity contribution in [3.05, 3.63) is 65.2 Å². The Kier molecular flexibility index (Phi) is 7.75. The number of benzene rings is 2. The topological polar surface area (TPSA) is 97.6 Å². The number of carbonyl (C=O) groups excluding carboxylic acids is 2. The Morgan fingerprint density at radius 1 is 0.900 bits per heavy atom. The molecule has 0 aliphatic rings. The molecule has 0 aromatic heterocycles. The third-order valence-electron chi connectivity index (χ3n) is 3.33. The maximum Gasteiger partial charge on any atom is 0.387 e. The van der Waals surface area contributed by atoms with Crippen LogP contribution < -0.4 is 15.0 Å². The first-order valence-corrected chi connectivity index (χ1v) is 8.01. The standard InChI is InChI=1S/C19H12F4N2O5/c20-18(21)28-14-5-1-11(2-6-14)9-13(10-24)17(27)30-25-16(26)12-3-7-15(8-4-12)29-19(22)23/h1-9,18-19H,(H,25,26)/b13-9+. The molecule has 2 aromatic rings. The van der Waals surface area contributed by atoms with Crippen LogP contribution in [0.4, 0.5) is 17.6 Å². The summed E-state index contributed by atoms with van der Waals surface area (Å²) in [6.07, 6.45) is 1.11. The molecule has 156 valence electrons. The molecule has 0 radical (unpaired) electrons. The fraction of sp³-hybridized carbons (Fsp3) is 0.105. The molecule has 1 amide bonds. The van der Waals surface area contributed by atoms with Crippen molar-refractivity contribution in [1.29, 1.82) is 5.26 Å². The molecule has 0 saturated heterocycles. The molecule has 0 aliphatic heterocycles. The van der Waals surface area contributed by atoms with Gasteiger partial charge in [-0.2, -0.15) is 28.3 Å². The minimum absolute atomic E-state index is 0.0264. The lowest BCUT2D eigenvalue weighted by molar-refractivity contribution is -0.143. The second kappa shape index (κ2) is 10.5. The van der Waals surface area contributed by atoms with Crippen molar-refractivity contribution < 1.29 is 41.5 Å². The van der Waals surface area contributed by atoms with E-state index in [0.717, 1.165) is 30.3 Å². The van der Waals surface area contributed by atoms with E-state index in [9.17, 15) is 27.2 Å². The summed E-state index contributed by atoms with van der Waals surface area (Å²) in [5.74, 6) is -2.34. The fourth-order valence-electron chi connectivity index (χ4n) is 2.04. The van der Waals surface area contributed by atoms with Crippen molar-refractivity contribution in [3.63, 3.8) is 0 Å². The van der Waals surface area contributed by atoms with Gasteiger partial charge in [-0.3, -0.25) is 4.79 Å². The molecule has 0 heterocycles. The Hall–Kier alpha value is -4.07. The monoisotopic (exact) mass is 424 g/mol. The van der Waals surface area contributed by atoms with Gasteiger partial charge in [0.05, 0.1) is 0 Å². The van der Waals surface area contributed by atoms with E-state index in [1.165, 1.54) is 24.3 Å². The van der Waals surface area contributed by atoms with Gasteiger partial charge in [0, 0.05) is 5.56 Å². The quantitative estimate of drug-likeness (QED) is 0.315. The summed E-state index contributed by atoms with van der Waals surface area (Å²) < 4.78 is 56.8. The number of halogens is 4. The molecule has 30 heavy (non-hydrogen) atoms. The lowest BCUT2D eigenvalue weighted by Gasteiger charge is -2.07. The molecule has 0 atom stereocenters. The number of carbonyl (C=O) groups is 2. The van der Waals surface area contributed by atoms with E-state index in [-0.39, 0.29) is 17.1 Å². The highest BCUT2D eigenvalue weighted by Gasteiger charge is 2.15. The number of hydrogen-bond acceptors (Lipinski definition) is 6. The predicted molar refractivity (Wildman–Crippen MR) is 93.3 cm³/mol. The van der Waals surface area contributed by atoms with Crippen LogP contribution >= 0.6 is 0 Å². The van der Waals surface area contributed by atoms with Crippen LogP contribution in [0.1, 0.15) is 15.9 Å². The molecule has 0 bridgehead atoms. The average molecular weight is 424 g/mol. The van der Waals surface area contributed by atoms with Crippen molar-refractivity contribution >= 4 is 18.0 Å². The highest BCUT2D eigenvalue weighted by Crippen LogP contribution is 2.17. The van der Waals surface area contributed by atoms with Crippen molar-refractivity contribution in [1.82, 2.24) is 5.48 Å². The van der Waals surface area contributed by atoms with Gasteiger partial charge < -0.3 is 14.3 Å². The summed E-state index contributed by atoms with van der Waals surface area (Å²) >= 11 is 0. The number of rotatable bonds is 7. The van der Waals surface area contributed by atoms with Crippen molar-refractivity contribution in [2.75, 3.05) is 0 Å². The number of nitriles is 1. The van der Waals surface area contributed by atoms with Gasteiger partial charge in [-0.25, -0.2) is 4.79 Å². The highest BCUT2D eigenvalue weighted by atomic mass is 19.3. The molecule has 0 fully saturated rings. The zero-order chi connectivity index (χ0) is 22.1. The molecule has 0 unspecified atom stereocenters. The SMILES string of the molecule is N#C/C(=C\c1ccc(OC(F)F)cc1)C(=O)ONC(=O)c1ccc(OC(F)F)cc1. The number of nitrogens with zero attached hydrogens (tertiary/aromatic N) is 1. The fourth-order valence-corrected chi connectivity index (χ4v) is 2.04. The third-order valence-corrected chi connectivity index (χ3v) is 3.33. The van der Waals surface area contributed by atoms with Gasteiger partial charge in [0.15, 0.2) is 0 Å². The predicted octanol–water partition coefficient (Wildman–Crippen LogP) is 3.68. The van der Waals surface area contributed by atoms with Crippen LogP contribution in [0.25, 0.3) is 6.08 Å². The first-order chi connectivity index (χ1) is 14.3. The van der Waals surface area contributed by atoms with Gasteiger partial charge in [0.25, 0.3) is 5.91 Å². The number of hydroxylamine groups is 1. The molecule has 0 aliphatic carbocycles. The minimum atomic E-state index is -3.02. The number of amides is 1. The maximum atomic E-state index is 12.1. The van der Waals surface area contributed by atoms with Gasteiger partial charge in [-0.15, -0.1) is 0 Å². The average Bonchev–Trinajstić information content (AvgIpc) is 2.71. The Morgan fingerprint density at radius 3 is 1.87 bits per heavy atom. The largest absolute Gasteiger partial charge is 0.435 e. The summed E-state index contributed by atoms with van der Waals surface area (Å²) in [6.45, 7) is -6.01. The minimum Gasteiger partial charge on any atom is -0.435 e. The summed E-state index contributed by atoms with van der Waals surface area (Å²) in [5, 5.41) is 9.09.